The van der Waals surface area contributed by atoms with Crippen LogP contribution in [0, 0.1) is 5.41 Å². The van der Waals surface area contributed by atoms with Gasteiger partial charge in [0.2, 0.25) is 0 Å². The fraction of sp³-hybridized carbons (Fsp3) is 0.933. The van der Waals surface area contributed by atoms with Gasteiger partial charge in [0.05, 0.1) is 0 Å². The first-order chi connectivity index (χ1) is 7.60. The summed E-state index contributed by atoms with van der Waals surface area (Å²) >= 11 is 0. The number of ketones is 1. The van der Waals surface area contributed by atoms with Gasteiger partial charge in [-0.15, -0.1) is 0 Å². The second kappa shape index (κ2) is 8.78. The maximum Gasteiger partial charge on any atom is 0.130 e. The van der Waals surface area contributed by atoms with Crippen LogP contribution in [0.25, 0.3) is 0 Å². The van der Waals surface area contributed by atoms with Crippen LogP contribution >= 0.6 is 0 Å². The van der Waals surface area contributed by atoms with Gasteiger partial charge in [-0.25, -0.2) is 0 Å². The molecule has 1 heteroatoms. The summed E-state index contributed by atoms with van der Waals surface area (Å²) in [5.41, 5.74) is 0.316. The van der Waals surface area contributed by atoms with E-state index in [1.165, 1.54) is 44.9 Å². The van der Waals surface area contributed by atoms with Crippen LogP contribution in [-0.2, 0) is 4.79 Å². The molecule has 0 heterocycles. The van der Waals surface area contributed by atoms with Crippen molar-refractivity contribution in [1.82, 2.24) is 0 Å². The minimum Gasteiger partial charge on any atom is -0.300 e. The highest BCUT2D eigenvalue weighted by molar-refractivity contribution is 5.76. The molecule has 1 nitrogen and oxygen atoms in total. The van der Waals surface area contributed by atoms with Crippen LogP contribution in [0.4, 0.5) is 0 Å². The van der Waals surface area contributed by atoms with Crippen LogP contribution in [0.1, 0.15) is 85.5 Å². The maximum absolute atomic E-state index is 11.4. The van der Waals surface area contributed by atoms with Crippen molar-refractivity contribution in [2.24, 2.45) is 5.41 Å². The molecule has 0 aromatic heterocycles. The van der Waals surface area contributed by atoms with Gasteiger partial charge in [-0.3, -0.25) is 0 Å². The first-order valence-electron chi connectivity index (χ1n) is 7.09. The highest BCUT2D eigenvalue weighted by Crippen LogP contribution is 2.38. The van der Waals surface area contributed by atoms with Gasteiger partial charge in [0.25, 0.3) is 0 Å². The number of Topliss-reactive ketones (excluding diaryl/α,β-unsaturated/α-hetero) is 1. The Morgan fingerprint density at radius 2 is 1.50 bits per heavy atom. The van der Waals surface area contributed by atoms with E-state index in [9.17, 15) is 4.79 Å². The van der Waals surface area contributed by atoms with Gasteiger partial charge in [-0.05, 0) is 25.2 Å². The largest absolute Gasteiger partial charge is 0.300 e. The molecule has 0 fully saturated rings. The average Bonchev–Trinajstić information content (AvgIpc) is 2.25. The van der Waals surface area contributed by atoms with Crippen LogP contribution in [0.2, 0.25) is 0 Å². The van der Waals surface area contributed by atoms with E-state index in [1.54, 1.807) is 6.92 Å². The molecule has 0 rings (SSSR count). The molecule has 1 unspecified atom stereocenters. The Hall–Kier alpha value is -0.330. The molecule has 0 aliphatic rings. The van der Waals surface area contributed by atoms with Gasteiger partial charge < -0.3 is 4.79 Å². The number of hydrogen-bond donors (Lipinski definition) is 0. The third-order valence-electron chi connectivity index (χ3n) is 3.75. The Bertz CT molecular complexity index is 186. The molecule has 0 saturated carbocycles. The molecule has 0 aliphatic carbocycles. The van der Waals surface area contributed by atoms with Gasteiger partial charge in [0.15, 0.2) is 0 Å². The normalized spacial score (nSPS) is 14.8. The van der Waals surface area contributed by atoms with E-state index in [4.69, 9.17) is 0 Å². The predicted octanol–water partition coefficient (Wildman–Crippen LogP) is 5.13. The minimum absolute atomic E-state index is 0.316. The minimum atomic E-state index is 0.316. The summed E-state index contributed by atoms with van der Waals surface area (Å²) in [7, 11) is 0. The van der Waals surface area contributed by atoms with Crippen molar-refractivity contribution >= 4 is 5.78 Å². The molecule has 0 aliphatic heterocycles. The standard InChI is InChI=1S/C15H30O/c1-5-8-10-12-15(7-3,11-9-6-2)13-14(4)16/h5-13H2,1-4H3. The molecule has 0 N–H and O–H groups in total. The predicted molar refractivity (Wildman–Crippen MR) is 71.7 cm³/mol. The zero-order valence-electron chi connectivity index (χ0n) is 11.8. The van der Waals surface area contributed by atoms with Crippen LogP contribution < -0.4 is 0 Å². The van der Waals surface area contributed by atoms with E-state index in [0.717, 1.165) is 12.8 Å². The van der Waals surface area contributed by atoms with Gasteiger partial charge in [0, 0.05) is 6.42 Å². The van der Waals surface area contributed by atoms with Crippen molar-refractivity contribution in [1.29, 1.82) is 0 Å². The van der Waals surface area contributed by atoms with Crippen molar-refractivity contribution in [2.45, 2.75) is 85.5 Å². The number of rotatable bonds is 10. The lowest BCUT2D eigenvalue weighted by molar-refractivity contribution is -0.119. The Kier molecular flexibility index (Phi) is 8.60. The summed E-state index contributed by atoms with van der Waals surface area (Å²) in [6.07, 6.45) is 10.8. The van der Waals surface area contributed by atoms with Gasteiger partial charge >= 0.3 is 0 Å². The summed E-state index contributed by atoms with van der Waals surface area (Å²) < 4.78 is 0. The molecule has 1 atom stereocenters. The van der Waals surface area contributed by atoms with E-state index in [0.29, 0.717) is 11.2 Å². The number of carbonyl (C=O) groups excluding carboxylic acids is 1. The van der Waals surface area contributed by atoms with Crippen molar-refractivity contribution in [2.75, 3.05) is 0 Å². The molecule has 0 bridgehead atoms. The zero-order valence-corrected chi connectivity index (χ0v) is 11.8. The Balaban J connectivity index is 4.33. The van der Waals surface area contributed by atoms with Crippen molar-refractivity contribution in [3.63, 3.8) is 0 Å². The quantitative estimate of drug-likeness (QED) is 0.472. The van der Waals surface area contributed by atoms with E-state index in [2.05, 4.69) is 20.8 Å². The Morgan fingerprint density at radius 3 is 1.94 bits per heavy atom. The highest BCUT2D eigenvalue weighted by Gasteiger charge is 2.28. The molecular formula is C15H30O. The third-order valence-corrected chi connectivity index (χ3v) is 3.75. The van der Waals surface area contributed by atoms with Crippen molar-refractivity contribution < 1.29 is 4.79 Å². The maximum atomic E-state index is 11.4. The first kappa shape index (κ1) is 15.7. The number of unbranched alkanes of at least 4 members (excludes halogenated alkanes) is 3. The summed E-state index contributed by atoms with van der Waals surface area (Å²) in [5, 5.41) is 0. The summed E-state index contributed by atoms with van der Waals surface area (Å²) in [6, 6.07) is 0. The van der Waals surface area contributed by atoms with Gasteiger partial charge in [-0.1, -0.05) is 59.3 Å². The fourth-order valence-electron chi connectivity index (χ4n) is 2.61. The first-order valence-corrected chi connectivity index (χ1v) is 7.09. The number of carbonyl (C=O) groups is 1. The van der Waals surface area contributed by atoms with E-state index in [1.807, 2.05) is 0 Å². The molecular weight excluding hydrogens is 196 g/mol. The molecule has 0 spiro atoms. The molecule has 0 radical (unpaired) electrons. The Labute approximate surface area is 102 Å². The van der Waals surface area contributed by atoms with Gasteiger partial charge in [-0.2, -0.15) is 0 Å². The summed E-state index contributed by atoms with van der Waals surface area (Å²) in [4.78, 5) is 11.4. The summed E-state index contributed by atoms with van der Waals surface area (Å²) in [6.45, 7) is 8.48. The third kappa shape index (κ3) is 6.30. The molecule has 0 aromatic rings. The molecule has 0 saturated heterocycles. The van der Waals surface area contributed by atoms with Crippen LogP contribution in [0.5, 0.6) is 0 Å². The lowest BCUT2D eigenvalue weighted by Crippen LogP contribution is -2.23. The van der Waals surface area contributed by atoms with E-state index < -0.39 is 0 Å². The lowest BCUT2D eigenvalue weighted by Gasteiger charge is -2.32. The molecule has 0 amide bonds. The lowest BCUT2D eigenvalue weighted by atomic mass is 9.72. The highest BCUT2D eigenvalue weighted by atomic mass is 16.1. The smallest absolute Gasteiger partial charge is 0.130 e. The monoisotopic (exact) mass is 226 g/mol. The second-order valence-electron chi connectivity index (χ2n) is 5.29. The van der Waals surface area contributed by atoms with Crippen molar-refractivity contribution in [3.8, 4) is 0 Å². The summed E-state index contributed by atoms with van der Waals surface area (Å²) in [5.74, 6) is 0.370. The van der Waals surface area contributed by atoms with Crippen molar-refractivity contribution in [3.05, 3.63) is 0 Å². The SMILES string of the molecule is CCCCCC(CC)(CCCC)CC(C)=O. The van der Waals surface area contributed by atoms with Crippen LogP contribution in [-0.4, -0.2) is 5.78 Å². The van der Waals surface area contributed by atoms with E-state index in [-0.39, 0.29) is 0 Å². The molecule has 96 valence electrons. The topological polar surface area (TPSA) is 17.1 Å². The molecule has 16 heavy (non-hydrogen) atoms. The van der Waals surface area contributed by atoms with Crippen LogP contribution in [0.3, 0.4) is 0 Å². The van der Waals surface area contributed by atoms with Crippen LogP contribution in [0.15, 0.2) is 0 Å². The zero-order chi connectivity index (χ0) is 12.4. The Morgan fingerprint density at radius 1 is 0.938 bits per heavy atom. The van der Waals surface area contributed by atoms with Gasteiger partial charge in [0.1, 0.15) is 5.78 Å². The number of hydrogen-bond acceptors (Lipinski definition) is 1. The fourth-order valence-corrected chi connectivity index (χ4v) is 2.61. The average molecular weight is 226 g/mol. The van der Waals surface area contributed by atoms with E-state index >= 15 is 0 Å². The second-order valence-corrected chi connectivity index (χ2v) is 5.29. The molecule has 0 aromatic carbocycles.